The number of carbonyl (C=O) groups is 1. The van der Waals surface area contributed by atoms with Crippen molar-refractivity contribution >= 4 is 17.5 Å². The van der Waals surface area contributed by atoms with Gasteiger partial charge in [-0.05, 0) is 25.0 Å². The summed E-state index contributed by atoms with van der Waals surface area (Å²) in [5, 5.41) is 15.9. The first-order valence-corrected chi connectivity index (χ1v) is 7.34. The normalized spacial score (nSPS) is 15.9. The Balaban J connectivity index is 1.62. The fraction of sp³-hybridized carbons (Fsp3) is 0.400. The minimum atomic E-state index is -0.847. The number of anilines is 2. The zero-order chi connectivity index (χ0) is 15.5. The molecule has 0 saturated carbocycles. The van der Waals surface area contributed by atoms with Crippen molar-refractivity contribution in [2.75, 3.05) is 23.7 Å². The first-order valence-electron chi connectivity index (χ1n) is 7.34. The quantitative estimate of drug-likeness (QED) is 0.787. The zero-order valence-electron chi connectivity index (χ0n) is 12.2. The van der Waals surface area contributed by atoms with E-state index in [1.165, 1.54) is 0 Å². The van der Waals surface area contributed by atoms with E-state index in [4.69, 9.17) is 10.8 Å². The third-order valence-corrected chi connectivity index (χ3v) is 4.04. The smallest absolute Gasteiger partial charge is 0.309 e. The molecule has 0 spiro atoms. The van der Waals surface area contributed by atoms with Gasteiger partial charge in [-0.25, -0.2) is 4.98 Å². The van der Waals surface area contributed by atoms with E-state index >= 15 is 0 Å². The Labute approximate surface area is 128 Å². The molecule has 2 aromatic heterocycles. The number of aromatic nitrogens is 3. The van der Waals surface area contributed by atoms with Crippen LogP contribution in [0.15, 0.2) is 24.4 Å². The molecule has 0 aromatic carbocycles. The number of hydrogen-bond donors (Lipinski definition) is 3. The van der Waals surface area contributed by atoms with E-state index in [2.05, 4.69) is 20.1 Å². The first-order chi connectivity index (χ1) is 10.6. The molecule has 0 amide bonds. The van der Waals surface area contributed by atoms with Crippen molar-refractivity contribution < 1.29 is 9.90 Å². The molecule has 7 nitrogen and oxygen atoms in total. The number of H-pyrrole nitrogens is 1. The predicted molar refractivity (Wildman–Crippen MR) is 82.8 cm³/mol. The highest BCUT2D eigenvalue weighted by atomic mass is 16.4. The minimum Gasteiger partial charge on any atom is -0.481 e. The average Bonchev–Trinajstić information content (AvgIpc) is 2.95. The Kier molecular flexibility index (Phi) is 3.95. The van der Waals surface area contributed by atoms with Gasteiger partial charge in [0.05, 0.1) is 12.1 Å². The summed E-state index contributed by atoms with van der Waals surface area (Å²) >= 11 is 0. The number of carboxylic acids is 1. The molecule has 0 atom stereocenters. The van der Waals surface area contributed by atoms with Crippen LogP contribution >= 0.6 is 0 Å². The van der Waals surface area contributed by atoms with Crippen molar-refractivity contribution in [1.82, 2.24) is 15.2 Å². The Bertz CT molecular complexity index is 661. The molecule has 0 bridgehead atoms. The summed E-state index contributed by atoms with van der Waals surface area (Å²) in [6, 6.07) is 5.73. The lowest BCUT2D eigenvalue weighted by Gasteiger charge is -2.33. The Hall–Kier alpha value is -2.57. The Morgan fingerprint density at radius 3 is 2.86 bits per heavy atom. The van der Waals surface area contributed by atoms with E-state index in [9.17, 15) is 4.79 Å². The molecule has 3 heterocycles. The fourth-order valence-corrected chi connectivity index (χ4v) is 2.91. The summed E-state index contributed by atoms with van der Waals surface area (Å²) in [5.74, 6) is 0.0553. The summed E-state index contributed by atoms with van der Waals surface area (Å²) < 4.78 is 0. The highest BCUT2D eigenvalue weighted by molar-refractivity contribution is 5.69. The maximum Gasteiger partial charge on any atom is 0.309 e. The van der Waals surface area contributed by atoms with Crippen LogP contribution in [-0.4, -0.2) is 39.3 Å². The van der Waals surface area contributed by atoms with Crippen LogP contribution in [0.3, 0.4) is 0 Å². The van der Waals surface area contributed by atoms with Gasteiger partial charge in [-0.2, -0.15) is 5.10 Å². The standard InChI is InChI=1S/C15H19N5O2/c16-14-9-12(1-4-17-14)20-5-2-10(3-6-20)13-7-11(18-19-13)8-15(21)22/h1,4,7,9-10H,2-3,5-6,8H2,(H2,16,17)(H,18,19)(H,21,22). The van der Waals surface area contributed by atoms with E-state index in [-0.39, 0.29) is 6.42 Å². The minimum absolute atomic E-state index is 0.0118. The van der Waals surface area contributed by atoms with Gasteiger partial charge in [-0.1, -0.05) is 0 Å². The highest BCUT2D eigenvalue weighted by Gasteiger charge is 2.23. The number of aliphatic carboxylic acids is 1. The molecule has 7 heteroatoms. The topological polar surface area (TPSA) is 108 Å². The maximum atomic E-state index is 10.7. The molecule has 3 rings (SSSR count). The van der Waals surface area contributed by atoms with Crippen LogP contribution in [-0.2, 0) is 11.2 Å². The number of hydrogen-bond acceptors (Lipinski definition) is 5. The summed E-state index contributed by atoms with van der Waals surface area (Å²) in [4.78, 5) is 17.0. The Morgan fingerprint density at radius 1 is 1.41 bits per heavy atom. The summed E-state index contributed by atoms with van der Waals surface area (Å²) in [6.45, 7) is 1.85. The van der Waals surface area contributed by atoms with E-state index in [0.29, 0.717) is 17.4 Å². The molecular weight excluding hydrogens is 282 g/mol. The van der Waals surface area contributed by atoms with Crippen molar-refractivity contribution in [3.05, 3.63) is 35.8 Å². The van der Waals surface area contributed by atoms with Crippen molar-refractivity contribution in [2.45, 2.75) is 25.2 Å². The van der Waals surface area contributed by atoms with Gasteiger partial charge in [0.15, 0.2) is 0 Å². The molecule has 116 valence electrons. The monoisotopic (exact) mass is 301 g/mol. The molecule has 1 aliphatic rings. The largest absolute Gasteiger partial charge is 0.481 e. The molecule has 0 unspecified atom stereocenters. The molecule has 22 heavy (non-hydrogen) atoms. The lowest BCUT2D eigenvalue weighted by atomic mass is 9.93. The van der Waals surface area contributed by atoms with Crippen LogP contribution in [0.4, 0.5) is 11.5 Å². The van der Waals surface area contributed by atoms with Crippen LogP contribution in [0, 0.1) is 0 Å². The number of piperidine rings is 1. The maximum absolute atomic E-state index is 10.7. The van der Waals surface area contributed by atoms with Crippen LogP contribution in [0.5, 0.6) is 0 Å². The molecule has 1 saturated heterocycles. The van der Waals surface area contributed by atoms with Crippen LogP contribution in [0.1, 0.15) is 30.1 Å². The summed E-state index contributed by atoms with van der Waals surface area (Å²) in [7, 11) is 0. The number of carboxylic acid groups (broad SMARTS) is 1. The van der Waals surface area contributed by atoms with Crippen molar-refractivity contribution in [1.29, 1.82) is 0 Å². The summed E-state index contributed by atoms with van der Waals surface area (Å²) in [5.41, 5.74) is 8.45. The van der Waals surface area contributed by atoms with Crippen molar-refractivity contribution in [3.63, 3.8) is 0 Å². The SMILES string of the molecule is Nc1cc(N2CCC(c3cc(CC(=O)O)[nH]n3)CC2)ccn1. The van der Waals surface area contributed by atoms with Crippen LogP contribution in [0.2, 0.25) is 0 Å². The number of nitrogens with two attached hydrogens (primary N) is 1. The highest BCUT2D eigenvalue weighted by Crippen LogP contribution is 2.30. The van der Waals surface area contributed by atoms with Crippen molar-refractivity contribution in [2.24, 2.45) is 0 Å². The van der Waals surface area contributed by atoms with E-state index < -0.39 is 5.97 Å². The van der Waals surface area contributed by atoms with E-state index in [1.807, 2.05) is 18.2 Å². The Morgan fingerprint density at radius 2 is 2.18 bits per heavy atom. The number of nitrogens with one attached hydrogen (secondary N) is 1. The second-order valence-electron chi connectivity index (χ2n) is 5.59. The lowest BCUT2D eigenvalue weighted by Crippen LogP contribution is -2.33. The van der Waals surface area contributed by atoms with Crippen LogP contribution in [0.25, 0.3) is 0 Å². The van der Waals surface area contributed by atoms with E-state index in [1.54, 1.807) is 6.20 Å². The lowest BCUT2D eigenvalue weighted by molar-refractivity contribution is -0.136. The third kappa shape index (κ3) is 3.19. The van der Waals surface area contributed by atoms with Gasteiger partial charge in [0.2, 0.25) is 0 Å². The molecule has 4 N–H and O–H groups in total. The van der Waals surface area contributed by atoms with Crippen molar-refractivity contribution in [3.8, 4) is 0 Å². The number of nitrogens with zero attached hydrogens (tertiary/aromatic N) is 3. The first kappa shape index (κ1) is 14.4. The van der Waals surface area contributed by atoms with Gasteiger partial charge in [-0.15, -0.1) is 0 Å². The van der Waals surface area contributed by atoms with Gasteiger partial charge >= 0.3 is 5.97 Å². The molecule has 0 aliphatic carbocycles. The number of nitrogen functional groups attached to an aromatic ring is 1. The van der Waals surface area contributed by atoms with Gasteiger partial charge < -0.3 is 15.7 Å². The van der Waals surface area contributed by atoms with Gasteiger partial charge in [0.25, 0.3) is 0 Å². The molecular formula is C15H19N5O2. The summed E-state index contributed by atoms with van der Waals surface area (Å²) in [6.07, 6.45) is 3.68. The predicted octanol–water partition coefficient (Wildman–Crippen LogP) is 1.40. The van der Waals surface area contributed by atoms with E-state index in [0.717, 1.165) is 37.3 Å². The number of aromatic amines is 1. The third-order valence-electron chi connectivity index (χ3n) is 4.04. The second kappa shape index (κ2) is 6.05. The van der Waals surface area contributed by atoms with Gasteiger partial charge in [0.1, 0.15) is 5.82 Å². The number of rotatable bonds is 4. The van der Waals surface area contributed by atoms with Gasteiger partial charge in [0, 0.05) is 42.7 Å². The average molecular weight is 301 g/mol. The molecule has 1 aliphatic heterocycles. The molecule has 0 radical (unpaired) electrons. The van der Waals surface area contributed by atoms with Gasteiger partial charge in [-0.3, -0.25) is 9.89 Å². The number of pyridine rings is 1. The fourth-order valence-electron chi connectivity index (χ4n) is 2.91. The zero-order valence-corrected chi connectivity index (χ0v) is 12.2. The molecule has 2 aromatic rings. The second-order valence-corrected chi connectivity index (χ2v) is 5.59. The molecule has 1 fully saturated rings. The van der Waals surface area contributed by atoms with Crippen LogP contribution < -0.4 is 10.6 Å².